The van der Waals surface area contributed by atoms with E-state index in [0.717, 1.165) is 30.8 Å². The van der Waals surface area contributed by atoms with Crippen LogP contribution in [0.2, 0.25) is 0 Å². The van der Waals surface area contributed by atoms with Crippen molar-refractivity contribution in [1.82, 2.24) is 9.55 Å². The molecule has 0 fully saturated rings. The van der Waals surface area contributed by atoms with Crippen LogP contribution < -0.4 is 20.3 Å². The largest absolute Gasteiger partial charge is 0.573 e. The number of benzene rings is 2. The number of carbonyl (C=O) groups is 1. The monoisotopic (exact) mass is 419 g/mol. The Morgan fingerprint density at radius 3 is 2.80 bits per heavy atom. The lowest BCUT2D eigenvalue weighted by molar-refractivity contribution is -0.274. The molecule has 1 aliphatic heterocycles. The third-order valence-corrected chi connectivity index (χ3v) is 4.51. The molecule has 1 amide bonds. The number of aryl methyl sites for hydroxylation is 1. The Morgan fingerprint density at radius 1 is 1.17 bits per heavy atom. The fraction of sp³-hybridized carbons (Fsp3) is 0.250. The van der Waals surface area contributed by atoms with Gasteiger partial charge in [-0.1, -0.05) is 6.07 Å². The zero-order chi connectivity index (χ0) is 21.3. The summed E-state index contributed by atoms with van der Waals surface area (Å²) in [5.74, 6) is 0.0424. The van der Waals surface area contributed by atoms with Gasteiger partial charge in [-0.25, -0.2) is 4.98 Å². The van der Waals surface area contributed by atoms with E-state index in [0.29, 0.717) is 23.2 Å². The van der Waals surface area contributed by atoms with E-state index < -0.39 is 24.6 Å². The summed E-state index contributed by atoms with van der Waals surface area (Å²) in [4.78, 5) is 29.1. The van der Waals surface area contributed by atoms with Crippen molar-refractivity contribution in [2.75, 3.05) is 11.9 Å². The van der Waals surface area contributed by atoms with E-state index in [9.17, 15) is 22.8 Å². The number of halogens is 3. The van der Waals surface area contributed by atoms with Gasteiger partial charge in [0.05, 0.1) is 10.9 Å². The van der Waals surface area contributed by atoms with Crippen LogP contribution in [0.15, 0.2) is 47.3 Å². The van der Waals surface area contributed by atoms with Crippen LogP contribution in [0.4, 0.5) is 18.9 Å². The summed E-state index contributed by atoms with van der Waals surface area (Å²) in [5.41, 5.74) is 0.539. The van der Waals surface area contributed by atoms with Gasteiger partial charge in [-0.3, -0.25) is 14.2 Å². The Hall–Kier alpha value is -3.56. The van der Waals surface area contributed by atoms with Crippen molar-refractivity contribution in [2.45, 2.75) is 25.7 Å². The lowest BCUT2D eigenvalue weighted by Gasteiger charge is -2.11. The number of fused-ring (bicyclic) bond motifs is 2. The van der Waals surface area contributed by atoms with Gasteiger partial charge in [-0.15, -0.1) is 13.2 Å². The molecule has 30 heavy (non-hydrogen) atoms. The molecule has 1 aromatic heterocycles. The fourth-order valence-electron chi connectivity index (χ4n) is 3.27. The molecule has 2 heterocycles. The summed E-state index contributed by atoms with van der Waals surface area (Å²) < 4.78 is 47.8. The van der Waals surface area contributed by atoms with E-state index in [-0.39, 0.29) is 11.2 Å². The Bertz CT molecular complexity index is 1170. The molecule has 0 saturated carbocycles. The number of alkyl halides is 3. The van der Waals surface area contributed by atoms with Crippen molar-refractivity contribution < 1.29 is 27.4 Å². The number of carbonyl (C=O) groups excluding carboxylic acids is 1. The number of anilines is 1. The van der Waals surface area contributed by atoms with Gasteiger partial charge < -0.3 is 14.8 Å². The lowest BCUT2D eigenvalue weighted by atomic mass is 10.2. The molecule has 4 rings (SSSR count). The lowest BCUT2D eigenvalue weighted by Crippen LogP contribution is -2.22. The second-order valence-corrected chi connectivity index (χ2v) is 6.68. The van der Waals surface area contributed by atoms with Crippen LogP contribution in [-0.4, -0.2) is 28.4 Å². The number of ether oxygens (including phenoxy) is 2. The molecule has 10 heteroatoms. The Balaban J connectivity index is 1.42. The molecule has 0 unspecified atom stereocenters. The number of rotatable bonds is 5. The number of aromatic nitrogens is 2. The number of hydrogen-bond acceptors (Lipinski definition) is 5. The number of nitrogens with one attached hydrogen (secondary N) is 1. The first-order valence-electron chi connectivity index (χ1n) is 9.10. The van der Waals surface area contributed by atoms with Crippen molar-refractivity contribution in [3.8, 4) is 11.5 Å². The molecule has 0 atom stereocenters. The normalized spacial score (nSPS) is 13.2. The molecule has 0 radical (unpaired) electrons. The van der Waals surface area contributed by atoms with Gasteiger partial charge >= 0.3 is 6.36 Å². The summed E-state index contributed by atoms with van der Waals surface area (Å²) >= 11 is 0. The minimum atomic E-state index is -4.82. The Labute approximate surface area is 168 Å². The van der Waals surface area contributed by atoms with Gasteiger partial charge in [0.25, 0.3) is 11.5 Å². The fourth-order valence-corrected chi connectivity index (χ4v) is 3.27. The van der Waals surface area contributed by atoms with Crippen molar-refractivity contribution in [3.63, 3.8) is 0 Å². The Morgan fingerprint density at radius 2 is 2.00 bits per heavy atom. The summed E-state index contributed by atoms with van der Waals surface area (Å²) in [5, 5.41) is 2.83. The van der Waals surface area contributed by atoms with Gasteiger partial charge in [0.15, 0.2) is 6.61 Å². The first-order chi connectivity index (χ1) is 14.3. The van der Waals surface area contributed by atoms with Crippen LogP contribution in [0.1, 0.15) is 12.2 Å². The first kappa shape index (κ1) is 19.7. The van der Waals surface area contributed by atoms with Gasteiger partial charge in [0.2, 0.25) is 0 Å². The number of amides is 1. The van der Waals surface area contributed by atoms with E-state index in [1.165, 1.54) is 18.2 Å². The third kappa shape index (κ3) is 4.37. The SMILES string of the molecule is O=C(COc1ccc2nc3n(c(=O)c2c1)CCC3)Nc1cccc(OC(F)(F)F)c1. The maximum absolute atomic E-state index is 12.6. The van der Waals surface area contributed by atoms with Crippen molar-refractivity contribution in [1.29, 1.82) is 0 Å². The number of hydrogen-bond donors (Lipinski definition) is 1. The summed E-state index contributed by atoms with van der Waals surface area (Å²) in [7, 11) is 0. The maximum atomic E-state index is 12.6. The average Bonchev–Trinajstić information content (AvgIpc) is 3.14. The van der Waals surface area contributed by atoms with Crippen molar-refractivity contribution in [2.24, 2.45) is 0 Å². The molecule has 0 saturated heterocycles. The molecule has 0 bridgehead atoms. The van der Waals surface area contributed by atoms with E-state index in [2.05, 4.69) is 15.0 Å². The zero-order valence-electron chi connectivity index (χ0n) is 15.5. The molecular weight excluding hydrogens is 403 g/mol. The standard InChI is InChI=1S/C20H16F3N3O4/c21-20(22,23)30-14-4-1-3-12(9-14)24-18(27)11-29-13-6-7-16-15(10-13)19(28)26-8-2-5-17(26)25-16/h1,3-4,6-7,9-10H,2,5,8,11H2,(H,24,27). The van der Waals surface area contributed by atoms with Gasteiger partial charge in [-0.05, 0) is 36.8 Å². The minimum Gasteiger partial charge on any atom is -0.484 e. The summed E-state index contributed by atoms with van der Waals surface area (Å²) in [6.07, 6.45) is -3.19. The van der Waals surface area contributed by atoms with E-state index >= 15 is 0 Å². The Kier molecular flexibility index (Phi) is 5.06. The topological polar surface area (TPSA) is 82.5 Å². The second kappa shape index (κ2) is 7.69. The predicted octanol–water partition coefficient (Wildman–Crippen LogP) is 3.26. The highest BCUT2D eigenvalue weighted by atomic mass is 19.4. The number of nitrogens with zero attached hydrogens (tertiary/aromatic N) is 2. The molecule has 0 aliphatic carbocycles. The highest BCUT2D eigenvalue weighted by Crippen LogP contribution is 2.25. The minimum absolute atomic E-state index is 0.127. The first-order valence-corrected chi connectivity index (χ1v) is 9.10. The smallest absolute Gasteiger partial charge is 0.484 e. The highest BCUT2D eigenvalue weighted by molar-refractivity contribution is 5.92. The van der Waals surface area contributed by atoms with Crippen LogP contribution in [0.5, 0.6) is 11.5 Å². The molecule has 0 spiro atoms. The summed E-state index contributed by atoms with van der Waals surface area (Å²) in [6.45, 7) is 0.233. The van der Waals surface area contributed by atoms with E-state index in [4.69, 9.17) is 4.74 Å². The molecule has 1 N–H and O–H groups in total. The maximum Gasteiger partial charge on any atom is 0.573 e. The van der Waals surface area contributed by atoms with Crippen molar-refractivity contribution >= 4 is 22.5 Å². The van der Waals surface area contributed by atoms with Gasteiger partial charge in [0, 0.05) is 24.7 Å². The van der Waals surface area contributed by atoms with E-state index in [1.54, 1.807) is 16.7 Å². The van der Waals surface area contributed by atoms with Crippen molar-refractivity contribution in [3.05, 3.63) is 58.6 Å². The van der Waals surface area contributed by atoms with Crippen LogP contribution >= 0.6 is 0 Å². The van der Waals surface area contributed by atoms with Gasteiger partial charge in [-0.2, -0.15) is 0 Å². The molecular formula is C20H16F3N3O4. The zero-order valence-corrected chi connectivity index (χ0v) is 15.5. The molecule has 7 nitrogen and oxygen atoms in total. The molecule has 1 aliphatic rings. The quantitative estimate of drug-likeness (QED) is 0.687. The predicted molar refractivity (Wildman–Crippen MR) is 102 cm³/mol. The third-order valence-electron chi connectivity index (χ3n) is 4.51. The van der Waals surface area contributed by atoms with E-state index in [1.807, 2.05) is 0 Å². The van der Waals surface area contributed by atoms with Crippen LogP contribution in [0.3, 0.4) is 0 Å². The highest BCUT2D eigenvalue weighted by Gasteiger charge is 2.31. The van der Waals surface area contributed by atoms with Crippen LogP contribution in [0.25, 0.3) is 10.9 Å². The second-order valence-electron chi connectivity index (χ2n) is 6.68. The average molecular weight is 419 g/mol. The van der Waals surface area contributed by atoms with Crippen LogP contribution in [-0.2, 0) is 17.8 Å². The molecule has 156 valence electrons. The van der Waals surface area contributed by atoms with Gasteiger partial charge in [0.1, 0.15) is 17.3 Å². The van der Waals surface area contributed by atoms with Crippen LogP contribution in [0, 0.1) is 0 Å². The summed E-state index contributed by atoms with van der Waals surface area (Å²) in [6, 6.07) is 9.70. The molecule has 3 aromatic rings. The molecule has 2 aromatic carbocycles.